The van der Waals surface area contributed by atoms with E-state index in [-0.39, 0.29) is 18.0 Å². The van der Waals surface area contributed by atoms with E-state index < -0.39 is 5.91 Å². The average Bonchev–Trinajstić information content (AvgIpc) is 3.23. The Morgan fingerprint density at radius 1 is 1.38 bits per heavy atom. The Balaban J connectivity index is 1.95. The smallest absolute Gasteiger partial charge is 0.271 e. The van der Waals surface area contributed by atoms with Crippen molar-refractivity contribution >= 4 is 11.8 Å². The normalized spacial score (nSPS) is 18.1. The van der Waals surface area contributed by atoms with Gasteiger partial charge in [-0.2, -0.15) is 5.10 Å². The molecule has 1 aliphatic rings. The lowest BCUT2D eigenvalue weighted by molar-refractivity contribution is 0.0590. The number of aromatic nitrogens is 3. The van der Waals surface area contributed by atoms with Gasteiger partial charge in [0.1, 0.15) is 5.69 Å². The molecule has 3 heterocycles. The van der Waals surface area contributed by atoms with Crippen LogP contribution in [0.4, 0.5) is 0 Å². The third kappa shape index (κ3) is 2.81. The molecule has 0 aliphatic carbocycles. The number of amides is 2. The number of rotatable bonds is 4. The zero-order valence-electron chi connectivity index (χ0n) is 14.0. The van der Waals surface area contributed by atoms with Gasteiger partial charge in [0.05, 0.1) is 23.5 Å². The molecule has 7 nitrogen and oxygen atoms in total. The summed E-state index contributed by atoms with van der Waals surface area (Å²) >= 11 is 0. The van der Waals surface area contributed by atoms with Crippen LogP contribution < -0.4 is 5.73 Å². The highest BCUT2D eigenvalue weighted by Crippen LogP contribution is 2.33. The van der Waals surface area contributed by atoms with Gasteiger partial charge in [0.2, 0.25) is 0 Å². The first-order valence-electron chi connectivity index (χ1n) is 8.31. The second kappa shape index (κ2) is 6.51. The van der Waals surface area contributed by atoms with Gasteiger partial charge < -0.3 is 15.2 Å². The van der Waals surface area contributed by atoms with E-state index in [1.165, 1.54) is 6.20 Å². The van der Waals surface area contributed by atoms with Crippen LogP contribution in [0.15, 0.2) is 24.5 Å². The molecular weight excluding hydrogens is 306 g/mol. The summed E-state index contributed by atoms with van der Waals surface area (Å²) in [5, 5.41) is 6.82. The molecule has 2 aromatic rings. The number of nitrogens with zero attached hydrogens (tertiary/aromatic N) is 3. The van der Waals surface area contributed by atoms with Crippen molar-refractivity contribution in [3.63, 3.8) is 0 Å². The van der Waals surface area contributed by atoms with Gasteiger partial charge in [-0.25, -0.2) is 0 Å². The minimum atomic E-state index is -0.526. The molecule has 2 amide bonds. The number of hydrogen-bond donors (Lipinski definition) is 2. The first kappa shape index (κ1) is 16.3. The lowest BCUT2D eigenvalue weighted by atomic mass is 9.96. The van der Waals surface area contributed by atoms with E-state index in [4.69, 9.17) is 5.73 Å². The zero-order chi connectivity index (χ0) is 17.3. The van der Waals surface area contributed by atoms with Crippen molar-refractivity contribution < 1.29 is 9.59 Å². The second-order valence-electron chi connectivity index (χ2n) is 6.47. The molecule has 1 fully saturated rings. The van der Waals surface area contributed by atoms with E-state index in [2.05, 4.69) is 10.2 Å². The van der Waals surface area contributed by atoms with Crippen LogP contribution >= 0.6 is 0 Å². The Kier molecular flexibility index (Phi) is 4.42. The van der Waals surface area contributed by atoms with Crippen molar-refractivity contribution in [1.29, 1.82) is 0 Å². The van der Waals surface area contributed by atoms with Gasteiger partial charge in [-0.3, -0.25) is 14.7 Å². The first-order valence-corrected chi connectivity index (χ1v) is 8.31. The first-order chi connectivity index (χ1) is 11.5. The Morgan fingerprint density at radius 2 is 2.17 bits per heavy atom. The van der Waals surface area contributed by atoms with Gasteiger partial charge in [0.25, 0.3) is 11.8 Å². The molecule has 0 spiro atoms. The molecule has 24 heavy (non-hydrogen) atoms. The van der Waals surface area contributed by atoms with Crippen LogP contribution in [-0.2, 0) is 0 Å². The molecule has 3 rings (SSSR count). The van der Waals surface area contributed by atoms with Crippen molar-refractivity contribution in [2.24, 2.45) is 5.73 Å². The lowest BCUT2D eigenvalue weighted by Gasteiger charge is -2.35. The summed E-state index contributed by atoms with van der Waals surface area (Å²) in [6, 6.07) is 3.73. The standard InChI is InChI=1S/C17H23N5O2/c1-11(2)21-9-5-7-14(21)17(24)22-8-4-3-6-13(22)15-12(16(18)23)10-19-20-15/h5,7,9-11,13H,3-4,6,8H2,1-2H3,(H2,18,23)(H,19,20). The Hall–Kier alpha value is -2.57. The second-order valence-corrected chi connectivity index (χ2v) is 6.47. The highest BCUT2D eigenvalue weighted by Gasteiger charge is 2.33. The fourth-order valence-electron chi connectivity index (χ4n) is 3.39. The van der Waals surface area contributed by atoms with Crippen LogP contribution in [0.2, 0.25) is 0 Å². The molecule has 1 atom stereocenters. The van der Waals surface area contributed by atoms with Crippen molar-refractivity contribution in [3.8, 4) is 0 Å². The van der Waals surface area contributed by atoms with Crippen molar-refractivity contribution in [3.05, 3.63) is 41.5 Å². The molecule has 0 saturated carbocycles. The summed E-state index contributed by atoms with van der Waals surface area (Å²) in [7, 11) is 0. The number of primary amides is 1. The summed E-state index contributed by atoms with van der Waals surface area (Å²) in [5.41, 5.74) is 7.10. The third-order valence-corrected chi connectivity index (χ3v) is 4.59. The highest BCUT2D eigenvalue weighted by molar-refractivity contribution is 5.95. The van der Waals surface area contributed by atoms with E-state index in [1.54, 1.807) is 0 Å². The molecule has 2 aromatic heterocycles. The maximum absolute atomic E-state index is 13.1. The molecule has 7 heteroatoms. The number of likely N-dealkylation sites (tertiary alicyclic amines) is 1. The molecule has 0 aromatic carbocycles. The van der Waals surface area contributed by atoms with Gasteiger partial charge in [-0.15, -0.1) is 0 Å². The monoisotopic (exact) mass is 329 g/mol. The number of carbonyl (C=O) groups excluding carboxylic acids is 2. The number of aromatic amines is 1. The average molecular weight is 329 g/mol. The number of hydrogen-bond acceptors (Lipinski definition) is 3. The van der Waals surface area contributed by atoms with Crippen molar-refractivity contribution in [1.82, 2.24) is 19.7 Å². The molecular formula is C17H23N5O2. The van der Waals surface area contributed by atoms with Crippen LogP contribution in [0.1, 0.15) is 71.7 Å². The number of nitrogens with one attached hydrogen (secondary N) is 1. The summed E-state index contributed by atoms with van der Waals surface area (Å²) in [6.45, 7) is 4.75. The van der Waals surface area contributed by atoms with Crippen LogP contribution in [0.25, 0.3) is 0 Å². The maximum Gasteiger partial charge on any atom is 0.271 e. The Labute approximate surface area is 140 Å². The Morgan fingerprint density at radius 3 is 2.88 bits per heavy atom. The highest BCUT2D eigenvalue weighted by atomic mass is 16.2. The predicted molar refractivity (Wildman–Crippen MR) is 89.6 cm³/mol. The largest absolute Gasteiger partial charge is 0.365 e. The summed E-state index contributed by atoms with van der Waals surface area (Å²) < 4.78 is 1.97. The molecule has 0 bridgehead atoms. The molecule has 1 aliphatic heterocycles. The van der Waals surface area contributed by atoms with Crippen LogP contribution in [-0.4, -0.2) is 38.0 Å². The number of nitrogens with two attached hydrogens (primary N) is 1. The van der Waals surface area contributed by atoms with Gasteiger partial charge >= 0.3 is 0 Å². The number of H-pyrrole nitrogens is 1. The summed E-state index contributed by atoms with van der Waals surface area (Å²) in [5.74, 6) is -0.550. The van der Waals surface area contributed by atoms with Crippen LogP contribution in [0, 0.1) is 0 Å². The SMILES string of the molecule is CC(C)n1cccc1C(=O)N1CCCCC1c1[nH]ncc1C(N)=O. The third-order valence-electron chi connectivity index (χ3n) is 4.59. The fourth-order valence-corrected chi connectivity index (χ4v) is 3.39. The van der Waals surface area contributed by atoms with Gasteiger partial charge in [-0.05, 0) is 45.2 Å². The zero-order valence-corrected chi connectivity index (χ0v) is 14.0. The van der Waals surface area contributed by atoms with Gasteiger partial charge in [0, 0.05) is 18.8 Å². The van der Waals surface area contributed by atoms with E-state index in [0.717, 1.165) is 19.3 Å². The number of carbonyl (C=O) groups is 2. The van der Waals surface area contributed by atoms with Crippen molar-refractivity contribution in [2.75, 3.05) is 6.54 Å². The van der Waals surface area contributed by atoms with Crippen LogP contribution in [0.3, 0.4) is 0 Å². The summed E-state index contributed by atoms with van der Waals surface area (Å²) in [4.78, 5) is 26.6. The number of piperidine rings is 1. The van der Waals surface area contributed by atoms with Gasteiger partial charge in [0.15, 0.2) is 0 Å². The maximum atomic E-state index is 13.1. The Bertz CT molecular complexity index is 746. The van der Waals surface area contributed by atoms with Crippen LogP contribution in [0.5, 0.6) is 0 Å². The molecule has 1 saturated heterocycles. The quantitative estimate of drug-likeness (QED) is 0.900. The summed E-state index contributed by atoms with van der Waals surface area (Å²) in [6.07, 6.45) is 6.09. The molecule has 0 radical (unpaired) electrons. The van der Waals surface area contributed by atoms with E-state index in [0.29, 0.717) is 23.5 Å². The lowest BCUT2D eigenvalue weighted by Crippen LogP contribution is -2.40. The molecule has 128 valence electrons. The van der Waals surface area contributed by atoms with Gasteiger partial charge in [-0.1, -0.05) is 0 Å². The molecule has 3 N–H and O–H groups in total. The van der Waals surface area contributed by atoms with E-state index >= 15 is 0 Å². The fraction of sp³-hybridized carbons (Fsp3) is 0.471. The van der Waals surface area contributed by atoms with E-state index in [1.807, 2.05) is 41.6 Å². The predicted octanol–water partition coefficient (Wildman–Crippen LogP) is 2.26. The van der Waals surface area contributed by atoms with E-state index in [9.17, 15) is 9.59 Å². The minimum absolute atomic E-state index is 0.0246. The molecule has 1 unspecified atom stereocenters. The topological polar surface area (TPSA) is 97.0 Å². The van der Waals surface area contributed by atoms with Crippen molar-refractivity contribution in [2.45, 2.75) is 45.2 Å². The minimum Gasteiger partial charge on any atom is -0.365 e.